The van der Waals surface area contributed by atoms with Gasteiger partial charge in [0.25, 0.3) is 0 Å². The lowest BCUT2D eigenvalue weighted by molar-refractivity contribution is 0.0600. The van der Waals surface area contributed by atoms with Gasteiger partial charge in [0.05, 0.1) is 18.2 Å². The molecule has 6 heteroatoms. The number of benzene rings is 1. The van der Waals surface area contributed by atoms with Gasteiger partial charge in [0.1, 0.15) is 5.52 Å². The molecule has 0 fully saturated rings. The topological polar surface area (TPSA) is 81.0 Å². The molecule has 0 radical (unpaired) electrons. The van der Waals surface area contributed by atoms with E-state index in [9.17, 15) is 9.18 Å². The zero-order valence-corrected chi connectivity index (χ0v) is 7.87. The van der Waals surface area contributed by atoms with Gasteiger partial charge in [-0.25, -0.2) is 14.2 Å². The molecular weight excluding hydrogens is 201 g/mol. The fourth-order valence-electron chi connectivity index (χ4n) is 1.33. The van der Waals surface area contributed by atoms with Gasteiger partial charge in [-0.1, -0.05) is 0 Å². The molecule has 0 aliphatic carbocycles. The second-order valence-electron chi connectivity index (χ2n) is 2.97. The maximum Gasteiger partial charge on any atom is 0.338 e. The number of nitrogens with two attached hydrogens (primary N) is 1. The number of fused-ring (bicyclic) bond motifs is 1. The lowest BCUT2D eigenvalue weighted by atomic mass is 10.2. The smallest absolute Gasteiger partial charge is 0.338 e. The quantitative estimate of drug-likeness (QED) is 0.688. The Morgan fingerprint density at radius 1 is 1.60 bits per heavy atom. The number of imidazole rings is 1. The van der Waals surface area contributed by atoms with Crippen molar-refractivity contribution in [2.45, 2.75) is 0 Å². The van der Waals surface area contributed by atoms with Crippen LogP contribution < -0.4 is 5.73 Å². The molecule has 1 heterocycles. The van der Waals surface area contributed by atoms with Gasteiger partial charge in [-0.15, -0.1) is 0 Å². The van der Waals surface area contributed by atoms with E-state index in [1.54, 1.807) is 0 Å². The maximum atomic E-state index is 13.4. The fourth-order valence-corrected chi connectivity index (χ4v) is 1.33. The summed E-state index contributed by atoms with van der Waals surface area (Å²) in [6, 6.07) is 2.50. The SMILES string of the molecule is COC(=O)c1cc(F)c2nc(N)[nH]c2c1. The summed E-state index contributed by atoms with van der Waals surface area (Å²) in [5, 5.41) is 0. The minimum absolute atomic E-state index is 0.103. The first-order valence-electron chi connectivity index (χ1n) is 4.15. The highest BCUT2D eigenvalue weighted by Crippen LogP contribution is 2.19. The Bertz CT molecular complexity index is 535. The Morgan fingerprint density at radius 3 is 3.00 bits per heavy atom. The molecule has 5 nitrogen and oxygen atoms in total. The summed E-state index contributed by atoms with van der Waals surface area (Å²) in [6.45, 7) is 0. The van der Waals surface area contributed by atoms with Gasteiger partial charge in [-0.2, -0.15) is 0 Å². The van der Waals surface area contributed by atoms with E-state index in [0.717, 1.165) is 6.07 Å². The summed E-state index contributed by atoms with van der Waals surface area (Å²) >= 11 is 0. The normalized spacial score (nSPS) is 10.5. The van der Waals surface area contributed by atoms with Crippen LogP contribution in [0, 0.1) is 5.82 Å². The molecule has 78 valence electrons. The number of carbonyl (C=O) groups excluding carboxylic acids is 1. The maximum absolute atomic E-state index is 13.4. The van der Waals surface area contributed by atoms with E-state index >= 15 is 0 Å². The van der Waals surface area contributed by atoms with Gasteiger partial charge >= 0.3 is 5.97 Å². The number of aromatic nitrogens is 2. The molecule has 3 N–H and O–H groups in total. The van der Waals surface area contributed by atoms with E-state index in [1.807, 2.05) is 0 Å². The van der Waals surface area contributed by atoms with Crippen LogP contribution in [0.1, 0.15) is 10.4 Å². The third-order valence-electron chi connectivity index (χ3n) is 1.98. The minimum atomic E-state index is -0.610. The Morgan fingerprint density at radius 2 is 2.33 bits per heavy atom. The summed E-state index contributed by atoms with van der Waals surface area (Å²) in [6.07, 6.45) is 0. The molecule has 0 aliphatic heterocycles. The number of anilines is 1. The number of nitrogens with zero attached hydrogens (tertiary/aromatic N) is 1. The van der Waals surface area contributed by atoms with Gasteiger partial charge in [0.2, 0.25) is 0 Å². The molecule has 0 atom stereocenters. The molecule has 0 aliphatic rings. The van der Waals surface area contributed by atoms with Crippen molar-refractivity contribution < 1.29 is 13.9 Å². The molecule has 2 aromatic rings. The largest absolute Gasteiger partial charge is 0.465 e. The molecule has 1 aromatic heterocycles. The first kappa shape index (κ1) is 9.45. The van der Waals surface area contributed by atoms with Crippen molar-refractivity contribution in [2.75, 3.05) is 12.8 Å². The number of hydrogen-bond donors (Lipinski definition) is 2. The Hall–Kier alpha value is -2.11. The summed E-state index contributed by atoms with van der Waals surface area (Å²) in [4.78, 5) is 17.5. The second-order valence-corrected chi connectivity index (χ2v) is 2.97. The zero-order chi connectivity index (χ0) is 11.0. The molecule has 1 aromatic carbocycles. The lowest BCUT2D eigenvalue weighted by Crippen LogP contribution is -2.01. The van der Waals surface area contributed by atoms with E-state index in [4.69, 9.17) is 5.73 Å². The van der Waals surface area contributed by atoms with Crippen LogP contribution in [-0.2, 0) is 4.74 Å². The standard InChI is InChI=1S/C9H8FN3O2/c1-15-8(14)4-2-5(10)7-6(3-4)12-9(11)13-7/h2-3H,1H3,(H3,11,12,13). The number of carbonyl (C=O) groups is 1. The summed E-state index contributed by atoms with van der Waals surface area (Å²) in [5.74, 6) is -1.12. The molecule has 0 amide bonds. The predicted molar refractivity (Wildman–Crippen MR) is 51.8 cm³/mol. The van der Waals surface area contributed by atoms with Crippen LogP contribution in [0.15, 0.2) is 12.1 Å². The van der Waals surface area contributed by atoms with Gasteiger partial charge in [-0.3, -0.25) is 0 Å². The van der Waals surface area contributed by atoms with E-state index in [1.165, 1.54) is 13.2 Å². The van der Waals surface area contributed by atoms with E-state index in [-0.39, 0.29) is 17.0 Å². The molecular formula is C9H8FN3O2. The van der Waals surface area contributed by atoms with E-state index in [0.29, 0.717) is 5.52 Å². The van der Waals surface area contributed by atoms with Crippen LogP contribution in [0.4, 0.5) is 10.3 Å². The van der Waals surface area contributed by atoms with Crippen LogP contribution in [-0.4, -0.2) is 23.0 Å². The number of hydrogen-bond acceptors (Lipinski definition) is 4. The zero-order valence-electron chi connectivity index (χ0n) is 7.87. The molecule has 0 bridgehead atoms. The molecule has 0 spiro atoms. The molecule has 0 saturated carbocycles. The Labute approximate surface area is 84.1 Å². The first-order chi connectivity index (χ1) is 7.11. The number of esters is 1. The predicted octanol–water partition coefficient (Wildman–Crippen LogP) is 1.07. The molecule has 0 unspecified atom stereocenters. The van der Waals surface area contributed by atoms with Gasteiger partial charge < -0.3 is 15.5 Å². The van der Waals surface area contributed by atoms with Crippen LogP contribution in [0.5, 0.6) is 0 Å². The summed E-state index contributed by atoms with van der Waals surface area (Å²) in [7, 11) is 1.23. The summed E-state index contributed by atoms with van der Waals surface area (Å²) in [5.41, 5.74) is 5.97. The van der Waals surface area contributed by atoms with Crippen molar-refractivity contribution in [3.05, 3.63) is 23.5 Å². The van der Waals surface area contributed by atoms with Crippen LogP contribution in [0.25, 0.3) is 11.0 Å². The number of nitrogens with one attached hydrogen (secondary N) is 1. The van der Waals surface area contributed by atoms with Crippen molar-refractivity contribution in [3.8, 4) is 0 Å². The van der Waals surface area contributed by atoms with Crippen molar-refractivity contribution in [1.29, 1.82) is 0 Å². The van der Waals surface area contributed by atoms with Gasteiger partial charge in [-0.05, 0) is 12.1 Å². The van der Waals surface area contributed by atoms with Crippen molar-refractivity contribution in [2.24, 2.45) is 0 Å². The number of nitrogen functional groups attached to an aromatic ring is 1. The second kappa shape index (κ2) is 3.23. The van der Waals surface area contributed by atoms with Gasteiger partial charge in [0.15, 0.2) is 11.8 Å². The number of rotatable bonds is 1. The van der Waals surface area contributed by atoms with E-state index in [2.05, 4.69) is 14.7 Å². The molecule has 0 saturated heterocycles. The highest BCUT2D eigenvalue weighted by Gasteiger charge is 2.12. The number of halogens is 1. The Balaban J connectivity index is 2.66. The van der Waals surface area contributed by atoms with Crippen LogP contribution >= 0.6 is 0 Å². The van der Waals surface area contributed by atoms with E-state index < -0.39 is 11.8 Å². The molecule has 15 heavy (non-hydrogen) atoms. The van der Waals surface area contributed by atoms with Crippen LogP contribution in [0.2, 0.25) is 0 Å². The third kappa shape index (κ3) is 1.50. The molecule has 2 rings (SSSR count). The highest BCUT2D eigenvalue weighted by atomic mass is 19.1. The van der Waals surface area contributed by atoms with Crippen LogP contribution in [0.3, 0.4) is 0 Å². The monoisotopic (exact) mass is 209 g/mol. The lowest BCUT2D eigenvalue weighted by Gasteiger charge is -1.99. The number of ether oxygens (including phenoxy) is 1. The average molecular weight is 209 g/mol. The number of methoxy groups -OCH3 is 1. The van der Waals surface area contributed by atoms with Gasteiger partial charge in [0, 0.05) is 0 Å². The third-order valence-corrected chi connectivity index (χ3v) is 1.98. The van der Waals surface area contributed by atoms with Crippen molar-refractivity contribution in [1.82, 2.24) is 9.97 Å². The Kier molecular flexibility index (Phi) is 2.03. The number of H-pyrrole nitrogens is 1. The fraction of sp³-hybridized carbons (Fsp3) is 0.111. The average Bonchev–Trinajstić information content (AvgIpc) is 2.58. The number of aromatic amines is 1. The summed E-state index contributed by atoms with van der Waals surface area (Å²) < 4.78 is 17.9. The van der Waals surface area contributed by atoms with Crippen molar-refractivity contribution >= 4 is 23.0 Å². The first-order valence-corrected chi connectivity index (χ1v) is 4.15. The highest BCUT2D eigenvalue weighted by molar-refractivity contribution is 5.94. The minimum Gasteiger partial charge on any atom is -0.465 e. The van der Waals surface area contributed by atoms with Crippen molar-refractivity contribution in [3.63, 3.8) is 0 Å².